The molecule has 3 rings (SSSR count). The summed E-state index contributed by atoms with van der Waals surface area (Å²) in [6, 6.07) is 13.1. The number of carbonyl (C=O) groups excluding carboxylic acids is 1. The quantitative estimate of drug-likeness (QED) is 0.669. The lowest BCUT2D eigenvalue weighted by molar-refractivity contribution is 0.0915. The van der Waals surface area contributed by atoms with Crippen LogP contribution in [-0.2, 0) is 0 Å². The number of aliphatic hydroxyl groups excluding tert-OH is 1. The van der Waals surface area contributed by atoms with Gasteiger partial charge in [-0.25, -0.2) is 9.07 Å². The molecule has 0 aliphatic heterocycles. The molecule has 0 aliphatic rings. The van der Waals surface area contributed by atoms with E-state index >= 15 is 0 Å². The van der Waals surface area contributed by atoms with Crippen molar-refractivity contribution in [1.82, 2.24) is 15.1 Å². The zero-order chi connectivity index (χ0) is 19.6. The molecule has 0 fully saturated rings. The number of amides is 1. The lowest BCUT2D eigenvalue weighted by Gasteiger charge is -2.13. The minimum absolute atomic E-state index is 0.0364. The first-order valence-electron chi connectivity index (χ1n) is 8.10. The molecule has 1 heterocycles. The molecule has 2 N–H and O–H groups in total. The minimum atomic E-state index is -1.09. The molecular weight excluding hydrogens is 392 g/mol. The van der Waals surface area contributed by atoms with Crippen molar-refractivity contribution in [3.05, 3.63) is 81.3 Å². The lowest BCUT2D eigenvalue weighted by Crippen LogP contribution is -2.29. The Morgan fingerprint density at radius 3 is 2.63 bits per heavy atom. The zero-order valence-electron chi connectivity index (χ0n) is 14.3. The van der Waals surface area contributed by atoms with Crippen LogP contribution in [0.25, 0.3) is 5.69 Å². The molecule has 1 atom stereocenters. The molecule has 27 heavy (non-hydrogen) atoms. The highest BCUT2D eigenvalue weighted by molar-refractivity contribution is 6.33. The maximum absolute atomic E-state index is 13.5. The van der Waals surface area contributed by atoms with Crippen molar-refractivity contribution in [2.45, 2.75) is 13.0 Å². The number of benzene rings is 2. The summed E-state index contributed by atoms with van der Waals surface area (Å²) in [6.45, 7) is 1.55. The molecule has 0 saturated carbocycles. The third-order valence-electron chi connectivity index (χ3n) is 4.02. The maximum atomic E-state index is 13.5. The van der Waals surface area contributed by atoms with Crippen LogP contribution in [0.5, 0.6) is 0 Å². The van der Waals surface area contributed by atoms with E-state index in [2.05, 4.69) is 10.4 Å². The maximum Gasteiger partial charge on any atom is 0.256 e. The predicted octanol–water partition coefficient (Wildman–Crippen LogP) is 4.09. The molecule has 0 spiro atoms. The summed E-state index contributed by atoms with van der Waals surface area (Å²) in [7, 11) is 0. The van der Waals surface area contributed by atoms with Gasteiger partial charge in [-0.15, -0.1) is 0 Å². The van der Waals surface area contributed by atoms with Gasteiger partial charge in [0.2, 0.25) is 0 Å². The third kappa shape index (κ3) is 4.13. The van der Waals surface area contributed by atoms with Gasteiger partial charge in [-0.3, -0.25) is 4.79 Å². The first kappa shape index (κ1) is 19.4. The molecule has 0 bridgehead atoms. The molecule has 2 aromatic carbocycles. The molecule has 140 valence electrons. The molecule has 0 unspecified atom stereocenters. The number of aryl methyl sites for hydroxylation is 1. The van der Waals surface area contributed by atoms with E-state index in [1.165, 1.54) is 16.8 Å². The van der Waals surface area contributed by atoms with E-state index in [-0.39, 0.29) is 22.3 Å². The second-order valence-corrected chi connectivity index (χ2v) is 6.66. The summed E-state index contributed by atoms with van der Waals surface area (Å²) in [5.41, 5.74) is 1.70. The van der Waals surface area contributed by atoms with Gasteiger partial charge in [0.15, 0.2) is 0 Å². The van der Waals surface area contributed by atoms with Crippen molar-refractivity contribution in [2.75, 3.05) is 6.54 Å². The second-order valence-electron chi connectivity index (χ2n) is 5.90. The number of halogens is 3. The highest BCUT2D eigenvalue weighted by Gasteiger charge is 2.22. The number of nitrogens with one attached hydrogen (secondary N) is 1. The van der Waals surface area contributed by atoms with Gasteiger partial charge in [0.05, 0.1) is 28.1 Å². The normalized spacial score (nSPS) is 12.0. The van der Waals surface area contributed by atoms with Crippen molar-refractivity contribution < 1.29 is 14.3 Å². The molecule has 5 nitrogen and oxygen atoms in total. The van der Waals surface area contributed by atoms with Crippen LogP contribution in [0.4, 0.5) is 4.39 Å². The van der Waals surface area contributed by atoms with Gasteiger partial charge in [0.1, 0.15) is 11.0 Å². The Morgan fingerprint density at radius 2 is 1.96 bits per heavy atom. The Balaban J connectivity index is 1.75. The Hall–Kier alpha value is -2.41. The summed E-state index contributed by atoms with van der Waals surface area (Å²) >= 11 is 12.0. The van der Waals surface area contributed by atoms with Gasteiger partial charge in [0.25, 0.3) is 5.91 Å². The van der Waals surface area contributed by atoms with E-state index in [1.54, 1.807) is 6.92 Å². The lowest BCUT2D eigenvalue weighted by atomic mass is 10.1. The summed E-state index contributed by atoms with van der Waals surface area (Å²) in [5, 5.41) is 17.2. The molecule has 3 aromatic rings. The molecule has 0 saturated heterocycles. The monoisotopic (exact) mass is 407 g/mol. The van der Waals surface area contributed by atoms with Crippen LogP contribution in [0, 0.1) is 12.7 Å². The SMILES string of the molecule is Cc1nn(-c2ccccc2)c(Cl)c1C(=O)NC[C@H](O)c1ccc(Cl)c(F)c1. The van der Waals surface area contributed by atoms with E-state index in [4.69, 9.17) is 23.2 Å². The zero-order valence-corrected chi connectivity index (χ0v) is 15.8. The van der Waals surface area contributed by atoms with Gasteiger partial charge in [-0.1, -0.05) is 47.5 Å². The Labute approximate surface area is 165 Å². The van der Waals surface area contributed by atoms with Gasteiger partial charge in [-0.2, -0.15) is 5.10 Å². The van der Waals surface area contributed by atoms with E-state index in [0.717, 1.165) is 11.8 Å². The van der Waals surface area contributed by atoms with Crippen molar-refractivity contribution in [2.24, 2.45) is 0 Å². The summed E-state index contributed by atoms with van der Waals surface area (Å²) in [5.74, 6) is -1.12. The number of aliphatic hydroxyl groups is 1. The van der Waals surface area contributed by atoms with Crippen molar-refractivity contribution in [1.29, 1.82) is 0 Å². The van der Waals surface area contributed by atoms with E-state index in [9.17, 15) is 14.3 Å². The standard InChI is InChI=1S/C19H16Cl2FN3O2/c1-11-17(18(21)25(24-11)13-5-3-2-4-6-13)19(27)23-10-16(26)12-7-8-14(20)15(22)9-12/h2-9,16,26H,10H2,1H3,(H,23,27)/t16-/m0/s1. The fraction of sp³-hybridized carbons (Fsp3) is 0.158. The number of carbonyl (C=O) groups is 1. The van der Waals surface area contributed by atoms with Crippen LogP contribution < -0.4 is 5.32 Å². The molecule has 1 aromatic heterocycles. The molecule has 0 radical (unpaired) electrons. The predicted molar refractivity (Wildman–Crippen MR) is 102 cm³/mol. The Kier molecular flexibility index (Phi) is 5.79. The molecule has 1 amide bonds. The Morgan fingerprint density at radius 1 is 1.26 bits per heavy atom. The van der Waals surface area contributed by atoms with Crippen LogP contribution in [0.15, 0.2) is 48.5 Å². The van der Waals surface area contributed by atoms with Crippen LogP contribution in [0.1, 0.15) is 27.7 Å². The van der Waals surface area contributed by atoms with Gasteiger partial charge in [-0.05, 0) is 36.8 Å². The fourth-order valence-electron chi connectivity index (χ4n) is 2.61. The number of para-hydroxylation sites is 1. The van der Waals surface area contributed by atoms with Crippen LogP contribution in [-0.4, -0.2) is 27.3 Å². The third-order valence-corrected chi connectivity index (χ3v) is 4.67. The fourth-order valence-corrected chi connectivity index (χ4v) is 3.09. The van der Waals surface area contributed by atoms with E-state index < -0.39 is 17.8 Å². The topological polar surface area (TPSA) is 67.2 Å². The van der Waals surface area contributed by atoms with Gasteiger partial charge >= 0.3 is 0 Å². The first-order chi connectivity index (χ1) is 12.9. The average Bonchev–Trinajstić information content (AvgIpc) is 2.96. The highest BCUT2D eigenvalue weighted by atomic mass is 35.5. The minimum Gasteiger partial charge on any atom is -0.387 e. The molecule has 0 aliphatic carbocycles. The molecular formula is C19H16Cl2FN3O2. The van der Waals surface area contributed by atoms with Crippen molar-refractivity contribution in [3.8, 4) is 5.69 Å². The number of rotatable bonds is 5. The molecule has 8 heteroatoms. The largest absolute Gasteiger partial charge is 0.387 e. The van der Waals surface area contributed by atoms with Gasteiger partial charge in [0, 0.05) is 6.54 Å². The van der Waals surface area contributed by atoms with E-state index in [0.29, 0.717) is 11.3 Å². The van der Waals surface area contributed by atoms with E-state index in [1.807, 2.05) is 30.3 Å². The average molecular weight is 408 g/mol. The highest BCUT2D eigenvalue weighted by Crippen LogP contribution is 2.24. The summed E-state index contributed by atoms with van der Waals surface area (Å²) in [6.07, 6.45) is -1.09. The van der Waals surface area contributed by atoms with Crippen LogP contribution in [0.3, 0.4) is 0 Å². The Bertz CT molecular complexity index is 977. The number of hydrogen-bond donors (Lipinski definition) is 2. The first-order valence-corrected chi connectivity index (χ1v) is 8.86. The summed E-state index contributed by atoms with van der Waals surface area (Å²) < 4.78 is 15.0. The smallest absolute Gasteiger partial charge is 0.256 e. The number of aromatic nitrogens is 2. The van der Waals surface area contributed by atoms with Crippen LogP contribution in [0.2, 0.25) is 10.2 Å². The van der Waals surface area contributed by atoms with Crippen molar-refractivity contribution >= 4 is 29.1 Å². The second kappa shape index (κ2) is 8.08. The van der Waals surface area contributed by atoms with Gasteiger partial charge < -0.3 is 10.4 Å². The van der Waals surface area contributed by atoms with Crippen molar-refractivity contribution in [3.63, 3.8) is 0 Å². The number of hydrogen-bond acceptors (Lipinski definition) is 3. The number of nitrogens with zero attached hydrogens (tertiary/aromatic N) is 2. The summed E-state index contributed by atoms with van der Waals surface area (Å²) in [4.78, 5) is 12.5. The van der Waals surface area contributed by atoms with Crippen LogP contribution >= 0.6 is 23.2 Å².